The van der Waals surface area contributed by atoms with Crippen molar-refractivity contribution in [2.24, 2.45) is 0 Å². The molecular formula is C21H23FN3OS+. The molecule has 1 aliphatic heterocycles. The number of quaternary nitrogens is 1. The number of nitrogens with zero attached hydrogens (tertiary/aromatic N) is 1. The molecule has 1 amide bonds. The minimum absolute atomic E-state index is 0.0225. The Morgan fingerprint density at radius 2 is 2.04 bits per heavy atom. The molecule has 1 aliphatic rings. The average molecular weight is 385 g/mol. The molecule has 4 nitrogen and oxygen atoms in total. The molecule has 1 saturated heterocycles. The SMILES string of the molecule is O=C(C[NH+]1CCC[C@H]1c1nc2ccccc2s1)NCCc1ccccc1F. The largest absolute Gasteiger partial charge is 0.351 e. The van der Waals surface area contributed by atoms with Crippen molar-refractivity contribution >= 4 is 27.5 Å². The Balaban J connectivity index is 1.34. The third-order valence-corrected chi connectivity index (χ3v) is 6.30. The third-order valence-electron chi connectivity index (χ3n) is 5.15. The van der Waals surface area contributed by atoms with Gasteiger partial charge in [-0.25, -0.2) is 9.37 Å². The zero-order chi connectivity index (χ0) is 18.6. The molecule has 140 valence electrons. The predicted octanol–water partition coefficient (Wildman–Crippen LogP) is 2.51. The molecule has 6 heteroatoms. The van der Waals surface area contributed by atoms with Crippen molar-refractivity contribution in [3.63, 3.8) is 0 Å². The summed E-state index contributed by atoms with van der Waals surface area (Å²) in [4.78, 5) is 18.4. The van der Waals surface area contributed by atoms with E-state index < -0.39 is 0 Å². The predicted molar refractivity (Wildman–Crippen MR) is 105 cm³/mol. The second kappa shape index (κ2) is 8.15. The smallest absolute Gasteiger partial charge is 0.275 e. The van der Waals surface area contributed by atoms with Crippen LogP contribution >= 0.6 is 11.3 Å². The first kappa shape index (κ1) is 18.1. The van der Waals surface area contributed by atoms with E-state index in [-0.39, 0.29) is 11.7 Å². The van der Waals surface area contributed by atoms with Crippen molar-refractivity contribution in [3.05, 3.63) is 64.9 Å². The van der Waals surface area contributed by atoms with E-state index in [1.165, 1.54) is 15.7 Å². The highest BCUT2D eigenvalue weighted by atomic mass is 32.1. The number of nitrogens with one attached hydrogen (secondary N) is 2. The Labute approximate surface area is 162 Å². The van der Waals surface area contributed by atoms with Crippen LogP contribution in [0.15, 0.2) is 48.5 Å². The Hall–Kier alpha value is -2.31. The van der Waals surface area contributed by atoms with Crippen LogP contribution in [0.5, 0.6) is 0 Å². The van der Waals surface area contributed by atoms with E-state index in [1.54, 1.807) is 23.5 Å². The van der Waals surface area contributed by atoms with Gasteiger partial charge in [0, 0.05) is 19.4 Å². The number of thiazole rings is 1. The van der Waals surface area contributed by atoms with Crippen LogP contribution in [0.1, 0.15) is 29.5 Å². The highest BCUT2D eigenvalue weighted by Gasteiger charge is 2.33. The lowest BCUT2D eigenvalue weighted by Gasteiger charge is -2.19. The molecule has 2 atom stereocenters. The number of hydrogen-bond acceptors (Lipinski definition) is 3. The second-order valence-corrected chi connectivity index (χ2v) is 8.05. The molecule has 1 fully saturated rings. The molecule has 0 saturated carbocycles. The maximum absolute atomic E-state index is 13.6. The maximum atomic E-state index is 13.6. The molecule has 3 aromatic rings. The van der Waals surface area contributed by atoms with Gasteiger partial charge in [0.2, 0.25) is 0 Å². The average Bonchev–Trinajstić information content (AvgIpc) is 3.29. The Kier molecular flexibility index (Phi) is 5.45. The van der Waals surface area contributed by atoms with Gasteiger partial charge in [-0.05, 0) is 30.2 Å². The fourth-order valence-corrected chi connectivity index (χ4v) is 4.93. The van der Waals surface area contributed by atoms with Crippen molar-refractivity contribution in [1.29, 1.82) is 0 Å². The minimum Gasteiger partial charge on any atom is -0.351 e. The summed E-state index contributed by atoms with van der Waals surface area (Å²) in [5, 5.41) is 4.07. The van der Waals surface area contributed by atoms with Crippen LogP contribution in [0.2, 0.25) is 0 Å². The maximum Gasteiger partial charge on any atom is 0.275 e. The van der Waals surface area contributed by atoms with Gasteiger partial charge in [0.15, 0.2) is 11.6 Å². The fraction of sp³-hybridized carbons (Fsp3) is 0.333. The number of aromatic nitrogens is 1. The zero-order valence-electron chi connectivity index (χ0n) is 15.1. The van der Waals surface area contributed by atoms with Crippen LogP contribution in [0.3, 0.4) is 0 Å². The first-order chi connectivity index (χ1) is 13.2. The van der Waals surface area contributed by atoms with Crippen LogP contribution in [0.25, 0.3) is 10.2 Å². The van der Waals surface area contributed by atoms with Crippen molar-refractivity contribution in [3.8, 4) is 0 Å². The summed E-state index contributed by atoms with van der Waals surface area (Å²) in [5.74, 6) is -0.192. The summed E-state index contributed by atoms with van der Waals surface area (Å²) in [6.45, 7) is 1.89. The first-order valence-electron chi connectivity index (χ1n) is 9.41. The van der Waals surface area contributed by atoms with Gasteiger partial charge in [0.05, 0.1) is 16.8 Å². The third kappa shape index (κ3) is 4.17. The zero-order valence-corrected chi connectivity index (χ0v) is 15.9. The van der Waals surface area contributed by atoms with Crippen LogP contribution in [0.4, 0.5) is 4.39 Å². The number of fused-ring (bicyclic) bond motifs is 1. The van der Waals surface area contributed by atoms with Gasteiger partial charge < -0.3 is 10.2 Å². The number of carbonyl (C=O) groups is 1. The molecule has 4 rings (SSSR count). The summed E-state index contributed by atoms with van der Waals surface area (Å²) in [6, 6.07) is 15.2. The van der Waals surface area contributed by atoms with Gasteiger partial charge in [0.25, 0.3) is 5.91 Å². The summed E-state index contributed by atoms with van der Waals surface area (Å²) < 4.78 is 14.8. The van der Waals surface area contributed by atoms with Crippen molar-refractivity contribution in [1.82, 2.24) is 10.3 Å². The lowest BCUT2D eigenvalue weighted by molar-refractivity contribution is -0.910. The van der Waals surface area contributed by atoms with Crippen LogP contribution in [-0.4, -0.2) is 30.5 Å². The summed E-state index contributed by atoms with van der Waals surface area (Å²) >= 11 is 1.74. The number of benzene rings is 2. The van der Waals surface area contributed by atoms with E-state index in [2.05, 4.69) is 11.4 Å². The van der Waals surface area contributed by atoms with E-state index in [4.69, 9.17) is 4.98 Å². The van der Waals surface area contributed by atoms with E-state index in [9.17, 15) is 9.18 Å². The number of rotatable bonds is 6. The molecular weight excluding hydrogens is 361 g/mol. The number of carbonyl (C=O) groups excluding carboxylic acids is 1. The summed E-state index contributed by atoms with van der Waals surface area (Å²) in [5.41, 5.74) is 1.68. The highest BCUT2D eigenvalue weighted by Crippen LogP contribution is 2.28. The molecule has 2 heterocycles. The number of halogens is 1. The topological polar surface area (TPSA) is 46.4 Å². The van der Waals surface area contributed by atoms with E-state index >= 15 is 0 Å². The number of para-hydroxylation sites is 1. The molecule has 1 unspecified atom stereocenters. The molecule has 0 bridgehead atoms. The normalized spacial score (nSPS) is 19.4. The van der Waals surface area contributed by atoms with Gasteiger partial charge in [-0.1, -0.05) is 30.3 Å². The molecule has 27 heavy (non-hydrogen) atoms. The lowest BCUT2D eigenvalue weighted by atomic mass is 10.1. The Bertz CT molecular complexity index is 909. The standard InChI is InChI=1S/C21H22FN3OS/c22-16-7-2-1-6-15(16)11-12-23-20(26)14-25-13-5-9-18(25)21-24-17-8-3-4-10-19(17)27-21/h1-4,6-8,10,18H,5,9,11-14H2,(H,23,26)/p+1/t18-/m0/s1. The van der Waals surface area contributed by atoms with E-state index in [0.717, 1.165) is 29.9 Å². The first-order valence-corrected chi connectivity index (χ1v) is 10.2. The van der Waals surface area contributed by atoms with E-state index in [0.29, 0.717) is 31.1 Å². The minimum atomic E-state index is -0.215. The Morgan fingerprint density at radius 3 is 2.89 bits per heavy atom. The monoisotopic (exact) mass is 384 g/mol. The molecule has 2 aromatic carbocycles. The van der Waals surface area contributed by atoms with Gasteiger partial charge in [-0.3, -0.25) is 4.79 Å². The quantitative estimate of drug-likeness (QED) is 0.686. The van der Waals surface area contributed by atoms with Gasteiger partial charge >= 0.3 is 0 Å². The van der Waals surface area contributed by atoms with Crippen LogP contribution in [0, 0.1) is 5.82 Å². The van der Waals surface area contributed by atoms with Crippen LogP contribution < -0.4 is 10.2 Å². The molecule has 0 aliphatic carbocycles. The van der Waals surface area contributed by atoms with Crippen molar-refractivity contribution in [2.45, 2.75) is 25.3 Å². The van der Waals surface area contributed by atoms with Crippen molar-refractivity contribution in [2.75, 3.05) is 19.6 Å². The van der Waals surface area contributed by atoms with Gasteiger partial charge in [-0.2, -0.15) is 0 Å². The van der Waals surface area contributed by atoms with Gasteiger partial charge in [0.1, 0.15) is 11.9 Å². The van der Waals surface area contributed by atoms with Crippen LogP contribution in [-0.2, 0) is 11.2 Å². The fourth-order valence-electron chi connectivity index (χ4n) is 3.77. The van der Waals surface area contributed by atoms with Gasteiger partial charge in [-0.15, -0.1) is 11.3 Å². The highest BCUT2D eigenvalue weighted by molar-refractivity contribution is 7.18. The molecule has 1 aromatic heterocycles. The number of hydrogen-bond donors (Lipinski definition) is 2. The molecule has 2 N–H and O–H groups in total. The molecule has 0 spiro atoms. The molecule has 0 radical (unpaired) electrons. The number of amides is 1. The summed E-state index contributed by atoms with van der Waals surface area (Å²) in [6.07, 6.45) is 2.69. The lowest BCUT2D eigenvalue weighted by Crippen LogP contribution is -3.11. The summed E-state index contributed by atoms with van der Waals surface area (Å²) in [7, 11) is 0. The number of likely N-dealkylation sites (tertiary alicyclic amines) is 1. The van der Waals surface area contributed by atoms with E-state index in [1.807, 2.05) is 24.3 Å². The Morgan fingerprint density at radius 1 is 1.22 bits per heavy atom. The van der Waals surface area contributed by atoms with Crippen molar-refractivity contribution < 1.29 is 14.1 Å². The second-order valence-electron chi connectivity index (χ2n) is 6.99.